The summed E-state index contributed by atoms with van der Waals surface area (Å²) in [6.07, 6.45) is 0. The molecule has 2 aromatic carbocycles. The highest BCUT2D eigenvalue weighted by Gasteiger charge is 1.90. The second-order valence-corrected chi connectivity index (χ2v) is 4.52. The highest BCUT2D eigenvalue weighted by atomic mass is 16.4. The van der Waals surface area contributed by atoms with Gasteiger partial charge in [-0.3, -0.25) is 0 Å². The van der Waals surface area contributed by atoms with Gasteiger partial charge in [-0.25, -0.2) is 9.59 Å². The minimum absolute atomic E-state index is 0.176. The van der Waals surface area contributed by atoms with Gasteiger partial charge in [0.2, 0.25) is 0 Å². The van der Waals surface area contributed by atoms with Gasteiger partial charge in [-0.15, -0.1) is 0 Å². The van der Waals surface area contributed by atoms with Gasteiger partial charge in [0.05, 0.1) is 0 Å². The third kappa shape index (κ3) is 8.32. The van der Waals surface area contributed by atoms with Gasteiger partial charge >= 0.3 is 11.9 Å². The van der Waals surface area contributed by atoms with Gasteiger partial charge in [0.1, 0.15) is 0 Å². The van der Waals surface area contributed by atoms with Crippen molar-refractivity contribution in [2.75, 3.05) is 0 Å². The van der Waals surface area contributed by atoms with E-state index in [2.05, 4.69) is 61.7 Å². The molecular weight excluding hydrogens is 280 g/mol. The molecular formula is C18H20O4. The molecule has 0 heterocycles. The van der Waals surface area contributed by atoms with Gasteiger partial charge in [0.25, 0.3) is 0 Å². The average molecular weight is 300 g/mol. The van der Waals surface area contributed by atoms with E-state index in [1.807, 2.05) is 0 Å². The molecule has 0 aliphatic carbocycles. The Bertz CT molecular complexity index is 558. The largest absolute Gasteiger partial charge is 0.478 e. The lowest BCUT2D eigenvalue weighted by Gasteiger charge is -1.92. The summed E-state index contributed by atoms with van der Waals surface area (Å²) in [6.45, 7) is 9.20. The van der Waals surface area contributed by atoms with Gasteiger partial charge in [0.15, 0.2) is 0 Å². The van der Waals surface area contributed by atoms with Crippen LogP contribution in [0.25, 0.3) is 10.8 Å². The van der Waals surface area contributed by atoms with Crippen LogP contribution in [0, 0.1) is 0 Å². The Kier molecular flexibility index (Phi) is 8.63. The van der Waals surface area contributed by atoms with Crippen LogP contribution < -0.4 is 0 Å². The first-order chi connectivity index (χ1) is 10.3. The van der Waals surface area contributed by atoms with Gasteiger partial charge in [-0.1, -0.05) is 61.7 Å². The first-order valence-corrected chi connectivity index (χ1v) is 6.47. The second-order valence-electron chi connectivity index (χ2n) is 4.52. The Morgan fingerprint density at radius 3 is 1.05 bits per heavy atom. The molecule has 0 spiro atoms. The molecule has 2 rings (SSSR count). The number of aliphatic carboxylic acids is 2. The number of hydrogen-bond acceptors (Lipinski definition) is 2. The molecule has 0 saturated heterocycles. The molecule has 116 valence electrons. The predicted octanol–water partition coefficient (Wildman–Crippen LogP) is 4.13. The van der Waals surface area contributed by atoms with Crippen LogP contribution >= 0.6 is 0 Å². The molecule has 0 amide bonds. The van der Waals surface area contributed by atoms with Gasteiger partial charge in [-0.05, 0) is 24.6 Å². The van der Waals surface area contributed by atoms with Crippen LogP contribution in [0.1, 0.15) is 13.8 Å². The third-order valence-electron chi connectivity index (χ3n) is 2.39. The number of hydrogen-bond donors (Lipinski definition) is 2. The molecule has 0 aromatic heterocycles. The summed E-state index contributed by atoms with van der Waals surface area (Å²) in [5.41, 5.74) is 0.352. The molecule has 2 N–H and O–H groups in total. The van der Waals surface area contributed by atoms with E-state index in [0.717, 1.165) is 0 Å². The zero-order chi connectivity index (χ0) is 17.1. The summed E-state index contributed by atoms with van der Waals surface area (Å²) in [5, 5.41) is 18.4. The smallest absolute Gasteiger partial charge is 0.330 e. The van der Waals surface area contributed by atoms with E-state index in [9.17, 15) is 9.59 Å². The Hall–Kier alpha value is -2.88. The van der Waals surface area contributed by atoms with Gasteiger partial charge < -0.3 is 10.2 Å². The molecule has 0 fully saturated rings. The van der Waals surface area contributed by atoms with Crippen LogP contribution in [0.15, 0.2) is 72.8 Å². The van der Waals surface area contributed by atoms with Crippen molar-refractivity contribution >= 4 is 22.7 Å². The molecule has 0 aliphatic heterocycles. The Labute approximate surface area is 130 Å². The maximum absolute atomic E-state index is 9.60. The highest BCUT2D eigenvalue weighted by Crippen LogP contribution is 2.11. The summed E-state index contributed by atoms with van der Waals surface area (Å²) in [4.78, 5) is 19.2. The molecule has 4 nitrogen and oxygen atoms in total. The average Bonchev–Trinajstić information content (AvgIpc) is 2.48. The number of fused-ring (bicyclic) bond motifs is 1. The second kappa shape index (κ2) is 9.94. The van der Waals surface area contributed by atoms with Crippen LogP contribution in [-0.2, 0) is 9.59 Å². The van der Waals surface area contributed by atoms with Crippen molar-refractivity contribution in [2.24, 2.45) is 0 Å². The van der Waals surface area contributed by atoms with Gasteiger partial charge in [-0.2, -0.15) is 0 Å². The van der Waals surface area contributed by atoms with Crippen molar-refractivity contribution in [3.63, 3.8) is 0 Å². The third-order valence-corrected chi connectivity index (χ3v) is 2.39. The van der Waals surface area contributed by atoms with E-state index in [1.54, 1.807) is 0 Å². The molecule has 0 saturated carbocycles. The van der Waals surface area contributed by atoms with Crippen LogP contribution in [0.2, 0.25) is 0 Å². The Morgan fingerprint density at radius 1 is 0.727 bits per heavy atom. The Balaban J connectivity index is 0.000000324. The van der Waals surface area contributed by atoms with Crippen molar-refractivity contribution in [1.82, 2.24) is 0 Å². The van der Waals surface area contributed by atoms with Crippen LogP contribution in [-0.4, -0.2) is 22.2 Å². The summed E-state index contributed by atoms with van der Waals surface area (Å²) in [7, 11) is 0. The highest BCUT2D eigenvalue weighted by molar-refractivity contribution is 5.85. The number of carboxylic acids is 2. The normalized spacial score (nSPS) is 8.64. The molecule has 0 aliphatic rings. The standard InChI is InChI=1S/C10H8.2C4H6O2/c1-2-6-10-8-4-3-7-9(10)5-1;2*1-3(2)4(5)6/h1-8H;2*1H2,2H3,(H,5,6). The molecule has 0 bridgehead atoms. The van der Waals surface area contributed by atoms with Crippen LogP contribution in [0.3, 0.4) is 0 Å². The fourth-order valence-corrected chi connectivity index (χ4v) is 1.13. The molecule has 22 heavy (non-hydrogen) atoms. The SMILES string of the molecule is C=C(C)C(=O)O.C=C(C)C(=O)O.c1ccc2ccccc2c1. The van der Waals surface area contributed by atoms with E-state index in [-0.39, 0.29) is 11.1 Å². The van der Waals surface area contributed by atoms with E-state index in [1.165, 1.54) is 24.6 Å². The van der Waals surface area contributed by atoms with E-state index in [0.29, 0.717) is 0 Å². The first kappa shape index (κ1) is 19.1. The molecule has 4 heteroatoms. The zero-order valence-electron chi connectivity index (χ0n) is 12.7. The summed E-state index contributed by atoms with van der Waals surface area (Å²) < 4.78 is 0. The molecule has 2 aromatic rings. The number of carboxylic acid groups (broad SMARTS) is 2. The minimum Gasteiger partial charge on any atom is -0.478 e. The fraction of sp³-hybridized carbons (Fsp3) is 0.111. The maximum Gasteiger partial charge on any atom is 0.330 e. The number of benzene rings is 2. The van der Waals surface area contributed by atoms with Crippen molar-refractivity contribution in [2.45, 2.75) is 13.8 Å². The maximum atomic E-state index is 9.60. The number of rotatable bonds is 2. The van der Waals surface area contributed by atoms with Crippen molar-refractivity contribution < 1.29 is 19.8 Å². The summed E-state index contributed by atoms with van der Waals surface area (Å²) in [5.74, 6) is -1.87. The lowest BCUT2D eigenvalue weighted by Crippen LogP contribution is -1.92. The van der Waals surface area contributed by atoms with E-state index < -0.39 is 11.9 Å². The minimum atomic E-state index is -0.935. The summed E-state index contributed by atoms with van der Waals surface area (Å²) in [6, 6.07) is 16.7. The molecule has 0 radical (unpaired) electrons. The molecule has 0 atom stereocenters. The van der Waals surface area contributed by atoms with E-state index >= 15 is 0 Å². The van der Waals surface area contributed by atoms with E-state index in [4.69, 9.17) is 10.2 Å². The monoisotopic (exact) mass is 300 g/mol. The van der Waals surface area contributed by atoms with Crippen LogP contribution in [0.5, 0.6) is 0 Å². The van der Waals surface area contributed by atoms with Crippen molar-refractivity contribution in [3.05, 3.63) is 72.8 Å². The molecule has 0 unspecified atom stereocenters. The lowest BCUT2D eigenvalue weighted by molar-refractivity contribution is -0.133. The first-order valence-electron chi connectivity index (χ1n) is 6.47. The zero-order valence-corrected chi connectivity index (χ0v) is 12.7. The Morgan fingerprint density at radius 2 is 0.909 bits per heavy atom. The fourth-order valence-electron chi connectivity index (χ4n) is 1.13. The lowest BCUT2D eigenvalue weighted by atomic mass is 10.1. The van der Waals surface area contributed by atoms with Crippen molar-refractivity contribution in [3.8, 4) is 0 Å². The number of carbonyl (C=O) groups is 2. The predicted molar refractivity (Wildman–Crippen MR) is 88.8 cm³/mol. The van der Waals surface area contributed by atoms with Crippen LogP contribution in [0.4, 0.5) is 0 Å². The quantitative estimate of drug-likeness (QED) is 0.818. The topological polar surface area (TPSA) is 74.6 Å². The summed E-state index contributed by atoms with van der Waals surface area (Å²) >= 11 is 0. The van der Waals surface area contributed by atoms with Crippen molar-refractivity contribution in [1.29, 1.82) is 0 Å². The van der Waals surface area contributed by atoms with Gasteiger partial charge in [0, 0.05) is 11.1 Å².